The average molecular weight is 374 g/mol. The second kappa shape index (κ2) is 8.72. The molecule has 148 valence electrons. The summed E-state index contributed by atoms with van der Waals surface area (Å²) < 4.78 is 1.79. The first-order chi connectivity index (χ1) is 13.0. The van der Waals surface area contributed by atoms with E-state index in [1.165, 1.54) is 0 Å². The van der Waals surface area contributed by atoms with E-state index in [4.69, 9.17) is 0 Å². The van der Waals surface area contributed by atoms with Crippen LogP contribution in [0.25, 0.3) is 0 Å². The van der Waals surface area contributed by atoms with Crippen LogP contribution in [0.2, 0.25) is 0 Å². The number of hydrogen-bond acceptors (Lipinski definition) is 3. The van der Waals surface area contributed by atoms with Crippen molar-refractivity contribution < 1.29 is 14.7 Å². The van der Waals surface area contributed by atoms with Gasteiger partial charge in [-0.05, 0) is 56.6 Å². The van der Waals surface area contributed by atoms with Crippen LogP contribution in [0.1, 0.15) is 79.9 Å². The Morgan fingerprint density at radius 1 is 1.19 bits per heavy atom. The lowest BCUT2D eigenvalue weighted by Crippen LogP contribution is -2.47. The molecule has 0 bridgehead atoms. The number of aliphatic carboxylic acids is 1. The molecule has 0 radical (unpaired) electrons. The Balaban J connectivity index is 1.89. The van der Waals surface area contributed by atoms with Crippen molar-refractivity contribution in [1.82, 2.24) is 9.88 Å². The van der Waals surface area contributed by atoms with E-state index in [0.29, 0.717) is 19.4 Å². The highest BCUT2D eigenvalue weighted by Gasteiger charge is 2.33. The first-order valence-corrected chi connectivity index (χ1v) is 10.3. The van der Waals surface area contributed by atoms with Gasteiger partial charge in [-0.25, -0.2) is 0 Å². The van der Waals surface area contributed by atoms with Crippen molar-refractivity contribution >= 4 is 11.9 Å². The van der Waals surface area contributed by atoms with Gasteiger partial charge >= 0.3 is 5.97 Å². The Labute approximate surface area is 160 Å². The van der Waals surface area contributed by atoms with Gasteiger partial charge in [0.05, 0.1) is 5.92 Å². The number of nitrogens with one attached hydrogen (secondary N) is 1. The van der Waals surface area contributed by atoms with Gasteiger partial charge in [0.1, 0.15) is 5.56 Å². The molecule has 0 saturated heterocycles. The van der Waals surface area contributed by atoms with Crippen LogP contribution in [0.3, 0.4) is 0 Å². The van der Waals surface area contributed by atoms with Gasteiger partial charge in [0, 0.05) is 18.3 Å². The van der Waals surface area contributed by atoms with E-state index in [2.05, 4.69) is 12.2 Å². The Bertz CT molecular complexity index is 768. The molecule has 1 heterocycles. The summed E-state index contributed by atoms with van der Waals surface area (Å²) in [4.78, 5) is 37.4. The van der Waals surface area contributed by atoms with Gasteiger partial charge in [-0.1, -0.05) is 26.2 Å². The maximum absolute atomic E-state index is 13.0. The summed E-state index contributed by atoms with van der Waals surface area (Å²) in [5.41, 5.74) is 2.11. The van der Waals surface area contributed by atoms with E-state index in [1.807, 2.05) is 0 Å². The molecule has 1 aromatic rings. The fraction of sp³-hybridized carbons (Fsp3) is 0.667. The Kier molecular flexibility index (Phi) is 6.34. The smallest absolute Gasteiger partial charge is 0.308 e. The van der Waals surface area contributed by atoms with Crippen molar-refractivity contribution in [1.29, 1.82) is 0 Å². The third-order valence-electron chi connectivity index (χ3n) is 5.98. The molecule has 1 aromatic heterocycles. The minimum Gasteiger partial charge on any atom is -0.481 e. The average Bonchev–Trinajstić information content (AvgIpc) is 2.67. The van der Waals surface area contributed by atoms with Gasteiger partial charge < -0.3 is 15.0 Å². The zero-order valence-electron chi connectivity index (χ0n) is 16.1. The molecule has 2 aliphatic rings. The molecule has 0 aliphatic heterocycles. The minimum atomic E-state index is -0.870. The molecular weight excluding hydrogens is 344 g/mol. The highest BCUT2D eigenvalue weighted by atomic mass is 16.4. The lowest BCUT2D eigenvalue weighted by Gasteiger charge is -2.29. The molecule has 27 heavy (non-hydrogen) atoms. The lowest BCUT2D eigenvalue weighted by molar-refractivity contribution is -0.143. The number of carboxylic acid groups (broad SMARTS) is 1. The van der Waals surface area contributed by atoms with Crippen LogP contribution in [0, 0.1) is 5.92 Å². The summed E-state index contributed by atoms with van der Waals surface area (Å²) in [6.07, 6.45) is 8.81. The lowest BCUT2D eigenvalue weighted by atomic mass is 9.84. The molecule has 1 fully saturated rings. The number of rotatable bonds is 6. The number of amides is 1. The van der Waals surface area contributed by atoms with Crippen molar-refractivity contribution in [3.05, 3.63) is 33.2 Å². The molecule has 2 N–H and O–H groups in total. The van der Waals surface area contributed by atoms with Gasteiger partial charge in [-0.2, -0.15) is 0 Å². The number of aromatic nitrogens is 1. The van der Waals surface area contributed by atoms with Crippen molar-refractivity contribution in [3.8, 4) is 0 Å². The molecule has 1 amide bonds. The number of carboxylic acids is 1. The quantitative estimate of drug-likeness (QED) is 0.801. The van der Waals surface area contributed by atoms with Gasteiger partial charge in [-0.15, -0.1) is 0 Å². The number of nitrogens with zero attached hydrogens (tertiary/aromatic N) is 1. The zero-order chi connectivity index (χ0) is 19.4. The molecule has 2 aliphatic carbocycles. The van der Waals surface area contributed by atoms with E-state index in [0.717, 1.165) is 62.6 Å². The van der Waals surface area contributed by atoms with Crippen LogP contribution in [-0.2, 0) is 24.2 Å². The monoisotopic (exact) mass is 374 g/mol. The first kappa shape index (κ1) is 19.6. The minimum absolute atomic E-state index is 0.168. The number of aryl methyl sites for hydroxylation is 1. The molecule has 2 atom stereocenters. The van der Waals surface area contributed by atoms with Crippen molar-refractivity contribution in [2.24, 2.45) is 5.92 Å². The Morgan fingerprint density at radius 3 is 2.67 bits per heavy atom. The van der Waals surface area contributed by atoms with Crippen molar-refractivity contribution in [2.45, 2.75) is 83.7 Å². The molecule has 3 rings (SSSR count). The summed E-state index contributed by atoms with van der Waals surface area (Å²) in [5.74, 6) is -1.86. The van der Waals surface area contributed by atoms with Gasteiger partial charge in [0.25, 0.3) is 11.5 Å². The van der Waals surface area contributed by atoms with Crippen LogP contribution in [0.5, 0.6) is 0 Å². The van der Waals surface area contributed by atoms with Crippen LogP contribution in [0.4, 0.5) is 0 Å². The summed E-state index contributed by atoms with van der Waals surface area (Å²) in [5, 5.41) is 12.3. The summed E-state index contributed by atoms with van der Waals surface area (Å²) in [7, 11) is 0. The summed E-state index contributed by atoms with van der Waals surface area (Å²) in [6, 6.07) is 1.36. The zero-order valence-corrected chi connectivity index (χ0v) is 16.1. The largest absolute Gasteiger partial charge is 0.481 e. The predicted molar refractivity (Wildman–Crippen MR) is 103 cm³/mol. The third-order valence-corrected chi connectivity index (χ3v) is 5.98. The number of pyridine rings is 1. The van der Waals surface area contributed by atoms with Gasteiger partial charge in [0.2, 0.25) is 0 Å². The van der Waals surface area contributed by atoms with Crippen molar-refractivity contribution in [2.75, 3.05) is 0 Å². The second-order valence-electron chi connectivity index (χ2n) is 7.86. The van der Waals surface area contributed by atoms with Gasteiger partial charge in [0.15, 0.2) is 0 Å². The van der Waals surface area contributed by atoms with E-state index in [1.54, 1.807) is 10.6 Å². The fourth-order valence-corrected chi connectivity index (χ4v) is 4.44. The molecule has 0 spiro atoms. The van der Waals surface area contributed by atoms with Crippen LogP contribution in [-0.4, -0.2) is 27.6 Å². The number of unbranched alkanes of at least 4 members (excludes halogenated alkanes) is 1. The normalized spacial score (nSPS) is 22.1. The van der Waals surface area contributed by atoms with E-state index in [-0.39, 0.29) is 11.1 Å². The van der Waals surface area contributed by atoms with Crippen molar-refractivity contribution in [3.63, 3.8) is 0 Å². The topological polar surface area (TPSA) is 88.4 Å². The van der Waals surface area contributed by atoms with E-state index in [9.17, 15) is 19.5 Å². The SMILES string of the molecule is CCCCn1c2c(cc(C(=O)NC3CCCCC3C(=O)O)c1=O)CCCC2. The first-order valence-electron chi connectivity index (χ1n) is 10.3. The molecule has 2 unspecified atom stereocenters. The van der Waals surface area contributed by atoms with Crippen LogP contribution in [0.15, 0.2) is 10.9 Å². The highest BCUT2D eigenvalue weighted by Crippen LogP contribution is 2.25. The molecule has 1 saturated carbocycles. The predicted octanol–water partition coefficient (Wildman–Crippen LogP) is 2.90. The number of hydrogen-bond donors (Lipinski definition) is 2. The second-order valence-corrected chi connectivity index (χ2v) is 7.86. The highest BCUT2D eigenvalue weighted by molar-refractivity contribution is 5.94. The van der Waals surface area contributed by atoms with Crippen LogP contribution < -0.4 is 10.9 Å². The maximum atomic E-state index is 13.0. The molecule has 0 aromatic carbocycles. The summed E-state index contributed by atoms with van der Waals surface area (Å²) in [6.45, 7) is 2.73. The number of fused-ring (bicyclic) bond motifs is 1. The number of carbonyl (C=O) groups is 2. The van der Waals surface area contributed by atoms with Gasteiger partial charge in [-0.3, -0.25) is 14.4 Å². The fourth-order valence-electron chi connectivity index (χ4n) is 4.44. The third kappa shape index (κ3) is 4.25. The Hall–Kier alpha value is -2.11. The molecule has 6 nitrogen and oxygen atoms in total. The van der Waals surface area contributed by atoms with Crippen LogP contribution >= 0.6 is 0 Å². The standard InChI is InChI=1S/C21H30N2O4/c1-2-3-12-23-18-11-7-4-8-14(18)13-16(20(23)25)19(24)22-17-10-6-5-9-15(17)21(26)27/h13,15,17H,2-12H2,1H3,(H,22,24)(H,26,27). The van der Waals surface area contributed by atoms with E-state index < -0.39 is 23.8 Å². The maximum Gasteiger partial charge on any atom is 0.308 e. The van der Waals surface area contributed by atoms with E-state index >= 15 is 0 Å². The Morgan fingerprint density at radius 2 is 1.93 bits per heavy atom. The summed E-state index contributed by atoms with van der Waals surface area (Å²) >= 11 is 0. The number of carbonyl (C=O) groups excluding carboxylic acids is 1. The molecule has 6 heteroatoms. The molecular formula is C21H30N2O4.